The van der Waals surface area contributed by atoms with Crippen molar-refractivity contribution in [1.29, 1.82) is 0 Å². The maximum atomic E-state index is 13.8. The van der Waals surface area contributed by atoms with Gasteiger partial charge in [-0.3, -0.25) is 4.79 Å². The minimum atomic E-state index is -0.310. The molecular weight excluding hydrogens is 343 g/mol. The van der Waals surface area contributed by atoms with E-state index in [1.165, 1.54) is 6.07 Å². The van der Waals surface area contributed by atoms with Crippen LogP contribution in [0, 0.1) is 5.82 Å². The van der Waals surface area contributed by atoms with Crippen LogP contribution in [0.2, 0.25) is 0 Å². The summed E-state index contributed by atoms with van der Waals surface area (Å²) >= 11 is 0. The lowest BCUT2D eigenvalue weighted by Crippen LogP contribution is -2.52. The SMILES string of the molecule is CC1(NC(=O)CCc2ccc(-c3ccccc3F)o2)CCNCC1.Cl. The second kappa shape index (κ2) is 8.50. The molecule has 25 heavy (non-hydrogen) atoms. The lowest BCUT2D eigenvalue weighted by atomic mass is 9.90. The molecule has 2 heterocycles. The second-order valence-electron chi connectivity index (χ2n) is 6.60. The molecule has 1 aromatic carbocycles. The quantitative estimate of drug-likeness (QED) is 0.848. The van der Waals surface area contributed by atoms with Gasteiger partial charge in [0, 0.05) is 18.4 Å². The Balaban J connectivity index is 0.00000225. The van der Waals surface area contributed by atoms with Gasteiger partial charge >= 0.3 is 0 Å². The van der Waals surface area contributed by atoms with E-state index in [0.29, 0.717) is 29.9 Å². The molecule has 1 aromatic heterocycles. The van der Waals surface area contributed by atoms with Gasteiger partial charge in [0.15, 0.2) is 0 Å². The Kier molecular flexibility index (Phi) is 6.62. The average molecular weight is 367 g/mol. The van der Waals surface area contributed by atoms with E-state index in [1.807, 2.05) is 0 Å². The lowest BCUT2D eigenvalue weighted by molar-refractivity contribution is -0.123. The Morgan fingerprint density at radius 2 is 1.96 bits per heavy atom. The first-order valence-electron chi connectivity index (χ1n) is 8.41. The summed E-state index contributed by atoms with van der Waals surface area (Å²) in [5, 5.41) is 6.43. The molecular formula is C19H24ClFN2O2. The van der Waals surface area contributed by atoms with Crippen molar-refractivity contribution in [3.63, 3.8) is 0 Å². The molecule has 1 aliphatic heterocycles. The first-order valence-corrected chi connectivity index (χ1v) is 8.41. The largest absolute Gasteiger partial charge is 0.461 e. The van der Waals surface area contributed by atoms with Gasteiger partial charge in [-0.2, -0.15) is 0 Å². The highest BCUT2D eigenvalue weighted by molar-refractivity contribution is 5.85. The summed E-state index contributed by atoms with van der Waals surface area (Å²) in [6.45, 7) is 3.96. The van der Waals surface area contributed by atoms with Crippen molar-refractivity contribution in [3.05, 3.63) is 48.0 Å². The fraction of sp³-hybridized carbons (Fsp3) is 0.421. The van der Waals surface area contributed by atoms with Crippen LogP contribution >= 0.6 is 12.4 Å². The summed E-state index contributed by atoms with van der Waals surface area (Å²) in [7, 11) is 0. The number of amides is 1. The van der Waals surface area contributed by atoms with Crippen LogP contribution in [0.5, 0.6) is 0 Å². The Morgan fingerprint density at radius 3 is 2.68 bits per heavy atom. The number of benzene rings is 1. The molecule has 0 saturated carbocycles. The summed E-state index contributed by atoms with van der Waals surface area (Å²) in [6, 6.07) is 10.1. The van der Waals surface area contributed by atoms with Crippen LogP contribution in [0.3, 0.4) is 0 Å². The molecule has 4 nitrogen and oxygen atoms in total. The van der Waals surface area contributed by atoms with E-state index in [0.717, 1.165) is 25.9 Å². The summed E-state index contributed by atoms with van der Waals surface area (Å²) in [5.74, 6) is 0.908. The zero-order valence-corrected chi connectivity index (χ0v) is 15.1. The zero-order valence-electron chi connectivity index (χ0n) is 14.3. The van der Waals surface area contributed by atoms with Gasteiger partial charge in [0.1, 0.15) is 17.3 Å². The highest BCUT2D eigenvalue weighted by Crippen LogP contribution is 2.25. The fourth-order valence-corrected chi connectivity index (χ4v) is 3.06. The Morgan fingerprint density at radius 1 is 1.24 bits per heavy atom. The smallest absolute Gasteiger partial charge is 0.220 e. The number of carbonyl (C=O) groups excluding carboxylic acids is 1. The highest BCUT2D eigenvalue weighted by atomic mass is 35.5. The van der Waals surface area contributed by atoms with Gasteiger partial charge in [-0.1, -0.05) is 12.1 Å². The summed E-state index contributed by atoms with van der Waals surface area (Å²) in [5.41, 5.74) is 0.319. The van der Waals surface area contributed by atoms with Gasteiger partial charge in [-0.15, -0.1) is 12.4 Å². The molecule has 1 saturated heterocycles. The highest BCUT2D eigenvalue weighted by Gasteiger charge is 2.28. The summed E-state index contributed by atoms with van der Waals surface area (Å²) in [4.78, 5) is 12.2. The van der Waals surface area contributed by atoms with E-state index >= 15 is 0 Å². The van der Waals surface area contributed by atoms with Gasteiger partial charge in [0.05, 0.1) is 5.56 Å². The first-order chi connectivity index (χ1) is 11.6. The second-order valence-corrected chi connectivity index (χ2v) is 6.60. The number of furan rings is 1. The molecule has 1 amide bonds. The standard InChI is InChI=1S/C19H23FN2O2.ClH/c1-19(10-12-21-13-11-19)22-18(23)9-7-14-6-8-17(24-14)15-4-2-3-5-16(15)20;/h2-6,8,21H,7,9-13H2,1H3,(H,22,23);1H. The molecule has 136 valence electrons. The summed E-state index contributed by atoms with van der Waals surface area (Å²) in [6.07, 6.45) is 2.76. The average Bonchev–Trinajstić information content (AvgIpc) is 3.02. The third kappa shape index (κ3) is 5.06. The number of carbonyl (C=O) groups is 1. The Bertz CT molecular complexity index is 711. The first kappa shape index (κ1) is 19.5. The van der Waals surface area contributed by atoms with Crippen molar-refractivity contribution in [1.82, 2.24) is 10.6 Å². The van der Waals surface area contributed by atoms with Crippen LogP contribution in [-0.4, -0.2) is 24.5 Å². The number of rotatable bonds is 5. The fourth-order valence-electron chi connectivity index (χ4n) is 3.06. The van der Waals surface area contributed by atoms with Crippen molar-refractivity contribution in [3.8, 4) is 11.3 Å². The number of halogens is 2. The van der Waals surface area contributed by atoms with Crippen LogP contribution in [0.15, 0.2) is 40.8 Å². The molecule has 0 spiro atoms. The molecule has 1 aliphatic rings. The van der Waals surface area contributed by atoms with Crippen molar-refractivity contribution in [2.45, 2.75) is 38.1 Å². The van der Waals surface area contributed by atoms with E-state index in [4.69, 9.17) is 4.42 Å². The monoisotopic (exact) mass is 366 g/mol. The minimum absolute atomic E-state index is 0. The molecule has 0 unspecified atom stereocenters. The molecule has 0 radical (unpaired) electrons. The van der Waals surface area contributed by atoms with Crippen LogP contribution in [0.4, 0.5) is 4.39 Å². The molecule has 2 aromatic rings. The lowest BCUT2D eigenvalue weighted by Gasteiger charge is -2.35. The van der Waals surface area contributed by atoms with Gasteiger partial charge < -0.3 is 15.1 Å². The van der Waals surface area contributed by atoms with Gasteiger partial charge in [-0.25, -0.2) is 4.39 Å². The maximum Gasteiger partial charge on any atom is 0.220 e. The van der Waals surface area contributed by atoms with E-state index in [-0.39, 0.29) is 29.7 Å². The predicted molar refractivity (Wildman–Crippen MR) is 98.3 cm³/mol. The Labute approximate surface area is 153 Å². The van der Waals surface area contributed by atoms with E-state index < -0.39 is 0 Å². The number of hydrogen-bond donors (Lipinski definition) is 2. The normalized spacial score (nSPS) is 16.1. The maximum absolute atomic E-state index is 13.8. The number of piperidine rings is 1. The van der Waals surface area contributed by atoms with Crippen molar-refractivity contribution in [2.24, 2.45) is 0 Å². The Hall–Kier alpha value is -1.85. The molecule has 6 heteroatoms. The molecule has 0 atom stereocenters. The number of aryl methyl sites for hydroxylation is 1. The van der Waals surface area contributed by atoms with Crippen LogP contribution in [0.1, 0.15) is 31.9 Å². The molecule has 3 rings (SSSR count). The van der Waals surface area contributed by atoms with Gasteiger partial charge in [0.25, 0.3) is 0 Å². The predicted octanol–water partition coefficient (Wildman–Crippen LogP) is 3.70. The molecule has 0 aliphatic carbocycles. The van der Waals surface area contributed by atoms with Crippen molar-refractivity contribution < 1.29 is 13.6 Å². The van der Waals surface area contributed by atoms with E-state index in [9.17, 15) is 9.18 Å². The topological polar surface area (TPSA) is 54.3 Å². The van der Waals surface area contributed by atoms with Crippen LogP contribution in [0.25, 0.3) is 11.3 Å². The van der Waals surface area contributed by atoms with Crippen LogP contribution < -0.4 is 10.6 Å². The van der Waals surface area contributed by atoms with Crippen molar-refractivity contribution in [2.75, 3.05) is 13.1 Å². The summed E-state index contributed by atoms with van der Waals surface area (Å²) < 4.78 is 19.5. The van der Waals surface area contributed by atoms with E-state index in [1.54, 1.807) is 30.3 Å². The minimum Gasteiger partial charge on any atom is -0.461 e. The third-order valence-corrected chi connectivity index (χ3v) is 4.55. The van der Waals surface area contributed by atoms with Gasteiger partial charge in [0.2, 0.25) is 5.91 Å². The third-order valence-electron chi connectivity index (χ3n) is 4.55. The number of nitrogens with one attached hydrogen (secondary N) is 2. The van der Waals surface area contributed by atoms with Crippen LogP contribution in [-0.2, 0) is 11.2 Å². The van der Waals surface area contributed by atoms with E-state index in [2.05, 4.69) is 17.6 Å². The molecule has 0 bridgehead atoms. The van der Waals surface area contributed by atoms with Crippen molar-refractivity contribution >= 4 is 18.3 Å². The molecule has 1 fully saturated rings. The number of hydrogen-bond acceptors (Lipinski definition) is 3. The van der Waals surface area contributed by atoms with Gasteiger partial charge in [-0.05, 0) is 57.1 Å². The molecule has 2 N–H and O–H groups in total. The zero-order chi connectivity index (χ0) is 17.0.